The summed E-state index contributed by atoms with van der Waals surface area (Å²) in [6, 6.07) is 22.6. The lowest BCUT2D eigenvalue weighted by atomic mass is 10.00. The molecule has 1 aliphatic rings. The summed E-state index contributed by atoms with van der Waals surface area (Å²) in [7, 11) is 0. The molecule has 6 heteroatoms. The molecular weight excluding hydrogens is 418 g/mol. The quantitative estimate of drug-likeness (QED) is 0.497. The molecule has 0 aromatic heterocycles. The molecule has 0 saturated carbocycles. The van der Waals surface area contributed by atoms with Gasteiger partial charge < -0.3 is 14.6 Å². The zero-order valence-electron chi connectivity index (χ0n) is 18.4. The van der Waals surface area contributed by atoms with E-state index < -0.39 is 18.7 Å². The molecule has 4 rings (SSSR count). The highest BCUT2D eigenvalue weighted by Crippen LogP contribution is 2.34. The van der Waals surface area contributed by atoms with E-state index in [2.05, 4.69) is 0 Å². The molecule has 0 saturated heterocycles. The molecule has 0 aliphatic heterocycles. The van der Waals surface area contributed by atoms with Crippen LogP contribution in [0.2, 0.25) is 0 Å². The third-order valence-corrected chi connectivity index (χ3v) is 5.43. The molecule has 3 aromatic carbocycles. The summed E-state index contributed by atoms with van der Waals surface area (Å²) in [5.41, 5.74) is 4.10. The number of hydrogen-bond donors (Lipinski definition) is 1. The number of carbonyl (C=O) groups excluding carboxylic acids is 1. The highest BCUT2D eigenvalue weighted by Gasteiger charge is 2.23. The number of aryl methyl sites for hydroxylation is 1. The van der Waals surface area contributed by atoms with E-state index >= 15 is 0 Å². The third kappa shape index (κ3) is 5.23. The Balaban J connectivity index is 1.63. The Kier molecular flexibility index (Phi) is 6.74. The molecule has 168 valence electrons. The predicted molar refractivity (Wildman–Crippen MR) is 127 cm³/mol. The topological polar surface area (TPSA) is 76.1 Å². The highest BCUT2D eigenvalue weighted by molar-refractivity contribution is 5.96. The van der Waals surface area contributed by atoms with Crippen molar-refractivity contribution in [2.24, 2.45) is 0 Å². The third-order valence-electron chi connectivity index (χ3n) is 5.43. The van der Waals surface area contributed by atoms with Crippen LogP contribution in [0.1, 0.15) is 29.5 Å². The van der Waals surface area contributed by atoms with Gasteiger partial charge in [-0.25, -0.2) is 14.5 Å². The van der Waals surface area contributed by atoms with Gasteiger partial charge in [-0.15, -0.1) is 0 Å². The fourth-order valence-electron chi connectivity index (χ4n) is 3.93. The van der Waals surface area contributed by atoms with Gasteiger partial charge in [0.2, 0.25) is 0 Å². The van der Waals surface area contributed by atoms with Crippen LogP contribution < -0.4 is 9.64 Å². The van der Waals surface area contributed by atoms with Crippen molar-refractivity contribution < 1.29 is 24.2 Å². The maximum absolute atomic E-state index is 13.3. The summed E-state index contributed by atoms with van der Waals surface area (Å²) in [5, 5.41) is 9.01. The Labute approximate surface area is 192 Å². The first kappa shape index (κ1) is 22.1. The summed E-state index contributed by atoms with van der Waals surface area (Å²) in [5.74, 6) is 0.130. The normalized spacial score (nSPS) is 12.7. The van der Waals surface area contributed by atoms with Gasteiger partial charge in [-0.05, 0) is 61.2 Å². The number of benzene rings is 3. The number of carboxylic acids is 1. The minimum atomic E-state index is -1.02. The number of ether oxygens (including phenoxy) is 2. The molecule has 0 radical (unpaired) electrons. The summed E-state index contributed by atoms with van der Waals surface area (Å²) in [4.78, 5) is 25.8. The SMILES string of the molecule is Cc1ccc2c(c1OCC(=O)O)CCCC(OC(=O)N(c1ccccc1)c1ccccc1)=C2. The van der Waals surface area contributed by atoms with Crippen LogP contribution in [0.15, 0.2) is 78.6 Å². The molecular formula is C27H25NO5. The molecule has 33 heavy (non-hydrogen) atoms. The zero-order valence-corrected chi connectivity index (χ0v) is 18.4. The van der Waals surface area contributed by atoms with Crippen LogP contribution in [-0.4, -0.2) is 23.8 Å². The first-order chi connectivity index (χ1) is 16.0. The molecule has 1 N–H and O–H groups in total. The number of fused-ring (bicyclic) bond motifs is 1. The number of para-hydroxylation sites is 2. The van der Waals surface area contributed by atoms with Crippen LogP contribution >= 0.6 is 0 Å². The Hall–Kier alpha value is -4.06. The molecule has 0 heterocycles. The molecule has 0 bridgehead atoms. The molecule has 0 fully saturated rings. The number of amides is 1. The fraction of sp³-hybridized carbons (Fsp3) is 0.185. The molecule has 0 atom stereocenters. The van der Waals surface area contributed by atoms with Crippen LogP contribution in [-0.2, 0) is 16.0 Å². The molecule has 3 aromatic rings. The minimum Gasteiger partial charge on any atom is -0.481 e. The second-order valence-electron chi connectivity index (χ2n) is 7.80. The lowest BCUT2D eigenvalue weighted by Gasteiger charge is -2.23. The number of carbonyl (C=O) groups is 2. The van der Waals surface area contributed by atoms with Crippen molar-refractivity contribution >= 4 is 29.5 Å². The van der Waals surface area contributed by atoms with Gasteiger partial charge in [0.15, 0.2) is 6.61 Å². The Morgan fingerprint density at radius 2 is 1.55 bits per heavy atom. The number of nitrogens with zero attached hydrogens (tertiary/aromatic N) is 1. The van der Waals surface area contributed by atoms with Crippen LogP contribution in [0.4, 0.5) is 16.2 Å². The summed E-state index contributed by atoms with van der Waals surface area (Å²) in [6.45, 7) is 1.50. The van der Waals surface area contributed by atoms with E-state index in [4.69, 9.17) is 14.6 Å². The van der Waals surface area contributed by atoms with Crippen molar-refractivity contribution in [1.82, 2.24) is 0 Å². The van der Waals surface area contributed by atoms with Crippen LogP contribution in [0.3, 0.4) is 0 Å². The van der Waals surface area contributed by atoms with Gasteiger partial charge in [0.25, 0.3) is 0 Å². The van der Waals surface area contributed by atoms with E-state index in [1.807, 2.05) is 85.8 Å². The van der Waals surface area contributed by atoms with Crippen molar-refractivity contribution in [3.8, 4) is 5.75 Å². The highest BCUT2D eigenvalue weighted by atomic mass is 16.6. The van der Waals surface area contributed by atoms with Crippen molar-refractivity contribution in [2.45, 2.75) is 26.2 Å². The molecule has 1 amide bonds. The van der Waals surface area contributed by atoms with E-state index in [9.17, 15) is 9.59 Å². The van der Waals surface area contributed by atoms with Gasteiger partial charge in [-0.2, -0.15) is 0 Å². The van der Waals surface area contributed by atoms with Gasteiger partial charge in [-0.1, -0.05) is 48.5 Å². The van der Waals surface area contributed by atoms with Crippen LogP contribution in [0.25, 0.3) is 6.08 Å². The predicted octanol–water partition coefficient (Wildman–Crippen LogP) is 6.11. The lowest BCUT2D eigenvalue weighted by molar-refractivity contribution is -0.139. The number of rotatable bonds is 6. The Morgan fingerprint density at radius 1 is 0.909 bits per heavy atom. The number of allylic oxidation sites excluding steroid dienone is 1. The van der Waals surface area contributed by atoms with Gasteiger partial charge in [-0.3, -0.25) is 0 Å². The van der Waals surface area contributed by atoms with Gasteiger partial charge in [0.1, 0.15) is 11.5 Å². The lowest BCUT2D eigenvalue weighted by Crippen LogP contribution is -2.26. The number of carboxylic acid groups (broad SMARTS) is 1. The van der Waals surface area contributed by atoms with Crippen molar-refractivity contribution in [3.05, 3.63) is 95.2 Å². The zero-order chi connectivity index (χ0) is 23.2. The first-order valence-electron chi connectivity index (χ1n) is 10.8. The number of anilines is 2. The maximum Gasteiger partial charge on any atom is 0.424 e. The summed E-state index contributed by atoms with van der Waals surface area (Å²) in [6.07, 6.45) is 3.38. The largest absolute Gasteiger partial charge is 0.481 e. The van der Waals surface area contributed by atoms with Gasteiger partial charge in [0, 0.05) is 12.0 Å². The maximum atomic E-state index is 13.3. The second-order valence-corrected chi connectivity index (χ2v) is 7.80. The smallest absolute Gasteiger partial charge is 0.424 e. The van der Waals surface area contributed by atoms with E-state index in [0.717, 1.165) is 23.1 Å². The Bertz CT molecular complexity index is 1130. The van der Waals surface area contributed by atoms with Crippen molar-refractivity contribution in [1.29, 1.82) is 0 Å². The monoisotopic (exact) mass is 443 g/mol. The van der Waals surface area contributed by atoms with Crippen molar-refractivity contribution in [2.75, 3.05) is 11.5 Å². The molecule has 0 unspecified atom stereocenters. The molecule has 6 nitrogen and oxygen atoms in total. The molecule has 1 aliphatic carbocycles. The summed E-state index contributed by atoms with van der Waals surface area (Å²) >= 11 is 0. The number of aliphatic carboxylic acids is 1. The van der Waals surface area contributed by atoms with E-state index in [1.165, 1.54) is 0 Å². The summed E-state index contributed by atoms with van der Waals surface area (Å²) < 4.78 is 11.5. The average Bonchev–Trinajstić information content (AvgIpc) is 3.02. The van der Waals surface area contributed by atoms with Crippen LogP contribution in [0, 0.1) is 6.92 Å². The first-order valence-corrected chi connectivity index (χ1v) is 10.8. The van der Waals surface area contributed by atoms with E-state index in [0.29, 0.717) is 35.7 Å². The minimum absolute atomic E-state index is 0.397. The number of hydrogen-bond acceptors (Lipinski definition) is 4. The molecule has 0 spiro atoms. The second kappa shape index (κ2) is 10.0. The average molecular weight is 443 g/mol. The van der Waals surface area contributed by atoms with E-state index in [1.54, 1.807) is 4.90 Å². The van der Waals surface area contributed by atoms with E-state index in [-0.39, 0.29) is 0 Å². The van der Waals surface area contributed by atoms with Crippen LogP contribution in [0.5, 0.6) is 5.75 Å². The fourth-order valence-corrected chi connectivity index (χ4v) is 3.93. The van der Waals surface area contributed by atoms with Crippen molar-refractivity contribution in [3.63, 3.8) is 0 Å². The van der Waals surface area contributed by atoms with Gasteiger partial charge >= 0.3 is 12.1 Å². The Morgan fingerprint density at radius 3 is 2.15 bits per heavy atom. The van der Waals surface area contributed by atoms with Gasteiger partial charge in [0.05, 0.1) is 11.4 Å². The standard InChI is InChI=1S/C27H25NO5/c1-19-15-16-20-17-23(13-8-14-24(20)26(19)32-18-25(29)30)33-27(31)28(21-9-4-2-5-10-21)22-11-6-3-7-12-22/h2-7,9-12,15-17H,8,13-14,18H2,1H3,(H,29,30).